The minimum Gasteiger partial charge on any atom is -0.480 e. The molecular formula is C14H17Cl2NO3. The van der Waals surface area contributed by atoms with Crippen LogP contribution >= 0.6 is 23.2 Å². The highest BCUT2D eigenvalue weighted by molar-refractivity contribution is 6.42. The maximum absolute atomic E-state index is 12.0. The molecule has 2 N–H and O–H groups in total. The van der Waals surface area contributed by atoms with E-state index in [-0.39, 0.29) is 12.3 Å². The summed E-state index contributed by atoms with van der Waals surface area (Å²) in [5.74, 6) is -1.38. The molecule has 0 aliphatic carbocycles. The Morgan fingerprint density at radius 1 is 1.20 bits per heavy atom. The van der Waals surface area contributed by atoms with Crippen molar-refractivity contribution in [3.05, 3.63) is 33.8 Å². The normalized spacial score (nSPS) is 11.2. The molecule has 20 heavy (non-hydrogen) atoms. The summed E-state index contributed by atoms with van der Waals surface area (Å²) in [6.45, 7) is 3.47. The van der Waals surface area contributed by atoms with E-state index in [1.165, 1.54) is 0 Å². The molecule has 0 bridgehead atoms. The van der Waals surface area contributed by atoms with Crippen molar-refractivity contribution in [1.29, 1.82) is 0 Å². The number of carbonyl (C=O) groups excluding carboxylic acids is 1. The third-order valence-electron chi connectivity index (χ3n) is 3.34. The SMILES string of the molecule is CCC(CC)(NC(=O)Cc1ccc(Cl)c(Cl)c1)C(=O)O. The van der Waals surface area contributed by atoms with Gasteiger partial charge < -0.3 is 10.4 Å². The lowest BCUT2D eigenvalue weighted by Gasteiger charge is -2.28. The van der Waals surface area contributed by atoms with Gasteiger partial charge in [-0.2, -0.15) is 0 Å². The van der Waals surface area contributed by atoms with Gasteiger partial charge in [-0.25, -0.2) is 4.79 Å². The Hall–Kier alpha value is -1.26. The van der Waals surface area contributed by atoms with Gasteiger partial charge in [0.15, 0.2) is 0 Å². The first-order chi connectivity index (χ1) is 9.34. The zero-order valence-electron chi connectivity index (χ0n) is 11.4. The third kappa shape index (κ3) is 3.87. The largest absolute Gasteiger partial charge is 0.480 e. The van der Waals surface area contributed by atoms with E-state index in [1.54, 1.807) is 32.0 Å². The molecule has 6 heteroatoms. The van der Waals surface area contributed by atoms with Gasteiger partial charge in [0.05, 0.1) is 16.5 Å². The van der Waals surface area contributed by atoms with Gasteiger partial charge in [0.1, 0.15) is 5.54 Å². The minimum atomic E-state index is -1.21. The summed E-state index contributed by atoms with van der Waals surface area (Å²) in [5.41, 5.74) is -0.531. The van der Waals surface area contributed by atoms with Crippen LogP contribution in [-0.2, 0) is 16.0 Å². The molecule has 0 heterocycles. The van der Waals surface area contributed by atoms with Crippen LogP contribution in [0.25, 0.3) is 0 Å². The van der Waals surface area contributed by atoms with E-state index in [0.29, 0.717) is 28.5 Å². The quantitative estimate of drug-likeness (QED) is 0.846. The Morgan fingerprint density at radius 2 is 1.80 bits per heavy atom. The molecule has 0 fully saturated rings. The van der Waals surface area contributed by atoms with Crippen LogP contribution in [0.4, 0.5) is 0 Å². The standard InChI is InChI=1S/C14H17Cl2NO3/c1-3-14(4-2,13(19)20)17-12(18)8-9-5-6-10(15)11(16)7-9/h5-7H,3-4,8H2,1-2H3,(H,17,18)(H,19,20). The number of rotatable bonds is 6. The van der Waals surface area contributed by atoms with Gasteiger partial charge in [0.2, 0.25) is 5.91 Å². The molecule has 0 spiro atoms. The number of amides is 1. The van der Waals surface area contributed by atoms with Gasteiger partial charge in [0, 0.05) is 0 Å². The third-order valence-corrected chi connectivity index (χ3v) is 4.08. The Kier molecular flexibility index (Phi) is 5.84. The fourth-order valence-corrected chi connectivity index (χ4v) is 2.25. The van der Waals surface area contributed by atoms with Crippen molar-refractivity contribution in [3.63, 3.8) is 0 Å². The Labute approximate surface area is 128 Å². The van der Waals surface area contributed by atoms with Crippen LogP contribution in [0.15, 0.2) is 18.2 Å². The van der Waals surface area contributed by atoms with Crippen LogP contribution in [0.3, 0.4) is 0 Å². The fraction of sp³-hybridized carbons (Fsp3) is 0.429. The summed E-state index contributed by atoms with van der Waals surface area (Å²) in [4.78, 5) is 23.3. The molecule has 1 aromatic carbocycles. The van der Waals surface area contributed by atoms with Crippen LogP contribution in [0.1, 0.15) is 32.3 Å². The molecule has 0 aliphatic heterocycles. The fourth-order valence-electron chi connectivity index (χ4n) is 1.93. The molecule has 0 atom stereocenters. The lowest BCUT2D eigenvalue weighted by atomic mass is 9.92. The van der Waals surface area contributed by atoms with Gasteiger partial charge in [-0.15, -0.1) is 0 Å². The van der Waals surface area contributed by atoms with Crippen LogP contribution in [0.5, 0.6) is 0 Å². The summed E-state index contributed by atoms with van der Waals surface area (Å²) in [6.07, 6.45) is 0.712. The molecule has 1 amide bonds. The predicted octanol–water partition coefficient (Wildman–Crippen LogP) is 3.30. The predicted molar refractivity (Wildman–Crippen MR) is 79.3 cm³/mol. The van der Waals surface area contributed by atoms with E-state index in [0.717, 1.165) is 0 Å². The van der Waals surface area contributed by atoms with Crippen molar-refractivity contribution in [1.82, 2.24) is 5.32 Å². The Balaban J connectivity index is 2.80. The van der Waals surface area contributed by atoms with E-state index in [1.807, 2.05) is 0 Å². The zero-order chi connectivity index (χ0) is 15.3. The second kappa shape index (κ2) is 6.95. The number of carbonyl (C=O) groups is 2. The number of aliphatic carboxylic acids is 1. The van der Waals surface area contributed by atoms with Crippen LogP contribution in [-0.4, -0.2) is 22.5 Å². The lowest BCUT2D eigenvalue weighted by Crippen LogP contribution is -2.54. The Morgan fingerprint density at radius 3 is 2.25 bits per heavy atom. The number of hydrogen-bond donors (Lipinski definition) is 2. The molecule has 110 valence electrons. The van der Waals surface area contributed by atoms with Gasteiger partial charge in [-0.1, -0.05) is 43.1 Å². The number of halogens is 2. The first-order valence-corrected chi connectivity index (χ1v) is 7.08. The summed E-state index contributed by atoms with van der Waals surface area (Å²) in [6, 6.07) is 4.90. The van der Waals surface area contributed by atoms with Crippen molar-refractivity contribution in [2.45, 2.75) is 38.6 Å². The topological polar surface area (TPSA) is 66.4 Å². The number of carboxylic acid groups (broad SMARTS) is 1. The lowest BCUT2D eigenvalue weighted by molar-refractivity contribution is -0.148. The van der Waals surface area contributed by atoms with E-state index in [2.05, 4.69) is 5.32 Å². The van der Waals surface area contributed by atoms with Crippen molar-refractivity contribution < 1.29 is 14.7 Å². The summed E-state index contributed by atoms with van der Waals surface area (Å²) in [5, 5.41) is 12.6. The van der Waals surface area contributed by atoms with Crippen molar-refractivity contribution in [3.8, 4) is 0 Å². The first-order valence-electron chi connectivity index (χ1n) is 6.33. The molecule has 0 saturated carbocycles. The highest BCUT2D eigenvalue weighted by atomic mass is 35.5. The molecule has 4 nitrogen and oxygen atoms in total. The van der Waals surface area contributed by atoms with E-state index in [9.17, 15) is 14.7 Å². The average molecular weight is 318 g/mol. The summed E-state index contributed by atoms with van der Waals surface area (Å²) >= 11 is 11.7. The molecule has 0 aliphatic rings. The molecular weight excluding hydrogens is 301 g/mol. The zero-order valence-corrected chi connectivity index (χ0v) is 12.9. The van der Waals surface area contributed by atoms with Crippen LogP contribution in [0, 0.1) is 0 Å². The molecule has 0 saturated heterocycles. The second-order valence-corrected chi connectivity index (χ2v) is 5.38. The summed E-state index contributed by atoms with van der Waals surface area (Å²) in [7, 11) is 0. The highest BCUT2D eigenvalue weighted by Gasteiger charge is 2.36. The van der Waals surface area contributed by atoms with Gasteiger partial charge in [-0.3, -0.25) is 4.79 Å². The van der Waals surface area contributed by atoms with E-state index in [4.69, 9.17) is 23.2 Å². The molecule has 0 radical (unpaired) electrons. The molecule has 0 aromatic heterocycles. The van der Waals surface area contributed by atoms with Crippen molar-refractivity contribution >= 4 is 35.1 Å². The first kappa shape index (κ1) is 16.8. The number of carboxylic acids is 1. The molecule has 1 aromatic rings. The highest BCUT2D eigenvalue weighted by Crippen LogP contribution is 2.23. The molecule has 1 rings (SSSR count). The van der Waals surface area contributed by atoms with Crippen molar-refractivity contribution in [2.75, 3.05) is 0 Å². The van der Waals surface area contributed by atoms with Gasteiger partial charge >= 0.3 is 5.97 Å². The number of hydrogen-bond acceptors (Lipinski definition) is 2. The summed E-state index contributed by atoms with van der Waals surface area (Å²) < 4.78 is 0. The van der Waals surface area contributed by atoms with E-state index >= 15 is 0 Å². The van der Waals surface area contributed by atoms with Gasteiger partial charge in [-0.05, 0) is 30.5 Å². The molecule has 0 unspecified atom stereocenters. The number of nitrogens with one attached hydrogen (secondary N) is 1. The minimum absolute atomic E-state index is 0.0614. The maximum Gasteiger partial charge on any atom is 0.329 e. The van der Waals surface area contributed by atoms with Crippen LogP contribution in [0.2, 0.25) is 10.0 Å². The average Bonchev–Trinajstić information content (AvgIpc) is 2.40. The smallest absolute Gasteiger partial charge is 0.329 e. The van der Waals surface area contributed by atoms with Crippen molar-refractivity contribution in [2.24, 2.45) is 0 Å². The Bertz CT molecular complexity index is 513. The van der Waals surface area contributed by atoms with E-state index < -0.39 is 11.5 Å². The second-order valence-electron chi connectivity index (χ2n) is 4.57. The monoisotopic (exact) mass is 317 g/mol. The van der Waals surface area contributed by atoms with Gasteiger partial charge in [0.25, 0.3) is 0 Å². The number of benzene rings is 1. The maximum atomic E-state index is 12.0. The van der Waals surface area contributed by atoms with Crippen LogP contribution < -0.4 is 5.32 Å².